The summed E-state index contributed by atoms with van der Waals surface area (Å²) in [4.78, 5) is 27.6. The molecule has 1 aliphatic rings. The maximum Gasteiger partial charge on any atom is 0.323 e. The van der Waals surface area contributed by atoms with E-state index in [-0.39, 0.29) is 5.91 Å². The molecule has 7 heteroatoms. The van der Waals surface area contributed by atoms with Crippen LogP contribution in [-0.2, 0) is 0 Å². The molecule has 0 bridgehead atoms. The number of amides is 3. The van der Waals surface area contributed by atoms with Gasteiger partial charge in [0.15, 0.2) is 0 Å². The summed E-state index contributed by atoms with van der Waals surface area (Å²) in [5.41, 5.74) is 2.95. The average Bonchev–Trinajstić information content (AvgIpc) is 3.09. The maximum atomic E-state index is 13.5. The second-order valence-corrected chi connectivity index (χ2v) is 8.04. The Morgan fingerprint density at radius 1 is 0.727 bits per heavy atom. The Hall–Kier alpha value is -3.87. The average molecular weight is 447 g/mol. The molecule has 0 aliphatic carbocycles. The number of nitrogens with zero attached hydrogens (tertiary/aromatic N) is 1. The summed E-state index contributed by atoms with van der Waals surface area (Å²) in [5, 5.41) is 8.44. The minimum Gasteiger partial charge on any atom is -0.370 e. The molecule has 1 heterocycles. The van der Waals surface area contributed by atoms with Gasteiger partial charge in [0.25, 0.3) is 5.91 Å². The van der Waals surface area contributed by atoms with Gasteiger partial charge < -0.3 is 20.9 Å². The highest BCUT2D eigenvalue weighted by molar-refractivity contribution is 6.06. The number of nitrogens with one attached hydrogen (secondary N) is 3. The van der Waals surface area contributed by atoms with Crippen LogP contribution in [0.3, 0.4) is 0 Å². The molecule has 3 aromatic rings. The minimum absolute atomic E-state index is 0.228. The van der Waals surface area contributed by atoms with E-state index in [0.29, 0.717) is 22.6 Å². The van der Waals surface area contributed by atoms with Crippen molar-refractivity contribution >= 4 is 34.7 Å². The first-order valence-electron chi connectivity index (χ1n) is 11.2. The Labute approximate surface area is 192 Å². The maximum absolute atomic E-state index is 13.5. The lowest BCUT2D eigenvalue weighted by molar-refractivity contribution is 0.102. The van der Waals surface area contributed by atoms with Crippen LogP contribution in [0, 0.1) is 5.82 Å². The molecule has 0 saturated carbocycles. The van der Waals surface area contributed by atoms with Crippen molar-refractivity contribution in [3.63, 3.8) is 0 Å². The zero-order valence-electron chi connectivity index (χ0n) is 18.3. The van der Waals surface area contributed by atoms with Crippen molar-refractivity contribution in [2.45, 2.75) is 25.7 Å². The SMILES string of the molecule is O=C(Nc1cccc(F)c1)Nc1cc(NC(=O)c2ccccc2)ccc1N1CCCCCC1. The lowest BCUT2D eigenvalue weighted by Crippen LogP contribution is -2.27. The van der Waals surface area contributed by atoms with Gasteiger partial charge in [-0.25, -0.2) is 9.18 Å². The summed E-state index contributed by atoms with van der Waals surface area (Å²) in [6.45, 7) is 1.80. The first kappa shape index (κ1) is 22.3. The van der Waals surface area contributed by atoms with Crippen molar-refractivity contribution in [3.8, 4) is 0 Å². The molecule has 170 valence electrons. The summed E-state index contributed by atoms with van der Waals surface area (Å²) in [7, 11) is 0. The van der Waals surface area contributed by atoms with Crippen LogP contribution in [0.2, 0.25) is 0 Å². The van der Waals surface area contributed by atoms with Crippen LogP contribution in [0.25, 0.3) is 0 Å². The smallest absolute Gasteiger partial charge is 0.323 e. The molecule has 1 saturated heterocycles. The van der Waals surface area contributed by atoms with E-state index < -0.39 is 11.8 Å². The Morgan fingerprint density at radius 3 is 2.18 bits per heavy atom. The minimum atomic E-state index is -0.483. The molecular weight excluding hydrogens is 419 g/mol. The van der Waals surface area contributed by atoms with Crippen LogP contribution in [0.15, 0.2) is 72.8 Å². The predicted molar refractivity (Wildman–Crippen MR) is 131 cm³/mol. The second kappa shape index (κ2) is 10.6. The van der Waals surface area contributed by atoms with Gasteiger partial charge in [0.1, 0.15) is 5.82 Å². The van der Waals surface area contributed by atoms with Gasteiger partial charge in [-0.15, -0.1) is 0 Å². The highest BCUT2D eigenvalue weighted by atomic mass is 19.1. The Kier molecular flexibility index (Phi) is 7.19. The second-order valence-electron chi connectivity index (χ2n) is 8.04. The number of halogens is 1. The lowest BCUT2D eigenvalue weighted by atomic mass is 10.1. The predicted octanol–water partition coefficient (Wildman–Crippen LogP) is 6.10. The highest BCUT2D eigenvalue weighted by Crippen LogP contribution is 2.31. The normalized spacial score (nSPS) is 13.7. The molecule has 3 amide bonds. The quantitative estimate of drug-likeness (QED) is 0.443. The zero-order chi connectivity index (χ0) is 23.0. The Balaban J connectivity index is 1.57. The van der Waals surface area contributed by atoms with Crippen LogP contribution in [-0.4, -0.2) is 25.0 Å². The molecule has 4 rings (SSSR count). The van der Waals surface area contributed by atoms with Gasteiger partial charge in [-0.2, -0.15) is 0 Å². The molecule has 33 heavy (non-hydrogen) atoms. The topological polar surface area (TPSA) is 73.5 Å². The fourth-order valence-corrected chi connectivity index (χ4v) is 3.94. The summed E-state index contributed by atoms with van der Waals surface area (Å²) in [6.07, 6.45) is 4.54. The van der Waals surface area contributed by atoms with E-state index in [1.165, 1.54) is 31.0 Å². The van der Waals surface area contributed by atoms with Crippen LogP contribution in [0.4, 0.5) is 31.9 Å². The van der Waals surface area contributed by atoms with E-state index in [1.807, 2.05) is 18.2 Å². The van der Waals surface area contributed by atoms with E-state index in [1.54, 1.807) is 36.4 Å². The molecule has 0 aromatic heterocycles. The van der Waals surface area contributed by atoms with Gasteiger partial charge in [0.05, 0.1) is 11.4 Å². The fraction of sp³-hybridized carbons (Fsp3) is 0.231. The van der Waals surface area contributed by atoms with Crippen LogP contribution >= 0.6 is 0 Å². The standard InChI is InChI=1S/C26H27FN4O2/c27-20-11-8-12-21(17-20)29-26(33)30-23-18-22(28-25(32)19-9-4-3-5-10-19)13-14-24(23)31-15-6-1-2-7-16-31/h3-5,8-14,17-18H,1-2,6-7,15-16H2,(H,28,32)(H2,29,30,33). The number of carbonyl (C=O) groups excluding carboxylic acids is 2. The first-order valence-corrected chi connectivity index (χ1v) is 11.2. The summed E-state index contributed by atoms with van der Waals surface area (Å²) in [5.74, 6) is -0.656. The van der Waals surface area contributed by atoms with Gasteiger partial charge >= 0.3 is 6.03 Å². The van der Waals surface area contributed by atoms with Gasteiger partial charge in [0, 0.05) is 30.0 Å². The van der Waals surface area contributed by atoms with Crippen molar-refractivity contribution in [1.82, 2.24) is 0 Å². The number of anilines is 4. The van der Waals surface area contributed by atoms with E-state index in [9.17, 15) is 14.0 Å². The first-order chi connectivity index (χ1) is 16.1. The number of rotatable bonds is 5. The molecule has 1 fully saturated rings. The van der Waals surface area contributed by atoms with Crippen molar-refractivity contribution in [3.05, 3.63) is 84.2 Å². The Morgan fingerprint density at radius 2 is 1.45 bits per heavy atom. The molecule has 6 nitrogen and oxygen atoms in total. The van der Waals surface area contributed by atoms with Gasteiger partial charge in [0.2, 0.25) is 0 Å². The zero-order valence-corrected chi connectivity index (χ0v) is 18.3. The van der Waals surface area contributed by atoms with Crippen LogP contribution < -0.4 is 20.9 Å². The molecule has 3 N–H and O–H groups in total. The largest absolute Gasteiger partial charge is 0.370 e. The number of hydrogen-bond donors (Lipinski definition) is 3. The van der Waals surface area contributed by atoms with Crippen LogP contribution in [0.1, 0.15) is 36.0 Å². The molecule has 3 aromatic carbocycles. The van der Waals surface area contributed by atoms with Crippen molar-refractivity contribution in [2.75, 3.05) is 33.9 Å². The van der Waals surface area contributed by atoms with Crippen molar-refractivity contribution < 1.29 is 14.0 Å². The molecule has 1 aliphatic heterocycles. The third kappa shape index (κ3) is 6.10. The van der Waals surface area contributed by atoms with E-state index in [2.05, 4.69) is 20.9 Å². The number of hydrogen-bond acceptors (Lipinski definition) is 3. The molecule has 0 spiro atoms. The molecule has 0 unspecified atom stereocenters. The summed E-state index contributed by atoms with van der Waals surface area (Å²) < 4.78 is 13.5. The van der Waals surface area contributed by atoms with Gasteiger partial charge in [-0.3, -0.25) is 4.79 Å². The highest BCUT2D eigenvalue weighted by Gasteiger charge is 2.17. The number of benzene rings is 3. The van der Waals surface area contributed by atoms with Crippen molar-refractivity contribution in [1.29, 1.82) is 0 Å². The third-order valence-electron chi connectivity index (χ3n) is 5.57. The molecule has 0 radical (unpaired) electrons. The van der Waals surface area contributed by atoms with Gasteiger partial charge in [-0.1, -0.05) is 37.1 Å². The third-order valence-corrected chi connectivity index (χ3v) is 5.57. The number of urea groups is 1. The Bertz CT molecular complexity index is 1110. The van der Waals surface area contributed by atoms with Crippen LogP contribution in [0.5, 0.6) is 0 Å². The van der Waals surface area contributed by atoms with E-state index in [0.717, 1.165) is 31.6 Å². The van der Waals surface area contributed by atoms with Crippen molar-refractivity contribution in [2.24, 2.45) is 0 Å². The number of carbonyl (C=O) groups is 2. The monoisotopic (exact) mass is 446 g/mol. The summed E-state index contributed by atoms with van der Waals surface area (Å²) >= 11 is 0. The fourth-order valence-electron chi connectivity index (χ4n) is 3.94. The van der Waals surface area contributed by atoms with Gasteiger partial charge in [-0.05, 0) is 61.4 Å². The molecule has 0 atom stereocenters. The lowest BCUT2D eigenvalue weighted by Gasteiger charge is -2.26. The summed E-state index contributed by atoms with van der Waals surface area (Å²) in [6, 6.07) is 19.7. The van der Waals surface area contributed by atoms with E-state index in [4.69, 9.17) is 0 Å². The van der Waals surface area contributed by atoms with E-state index >= 15 is 0 Å². The molecular formula is C26H27FN4O2.